The quantitative estimate of drug-likeness (QED) is 0.736. The van der Waals surface area contributed by atoms with E-state index in [1.54, 1.807) is 12.3 Å². The summed E-state index contributed by atoms with van der Waals surface area (Å²) in [7, 11) is 0. The van der Waals surface area contributed by atoms with Crippen LogP contribution in [0.25, 0.3) is 0 Å². The van der Waals surface area contributed by atoms with Crippen molar-refractivity contribution in [3.63, 3.8) is 0 Å². The van der Waals surface area contributed by atoms with Gasteiger partial charge in [0.2, 0.25) is 11.8 Å². The Kier molecular flexibility index (Phi) is 6.43. The van der Waals surface area contributed by atoms with Gasteiger partial charge in [-0.05, 0) is 12.1 Å². The molecule has 0 spiro atoms. The number of hydrogen-bond donors (Lipinski definition) is 1. The summed E-state index contributed by atoms with van der Waals surface area (Å²) in [6.45, 7) is 7.10. The number of piperazine rings is 1. The van der Waals surface area contributed by atoms with Gasteiger partial charge in [0.15, 0.2) is 0 Å². The molecule has 0 bridgehead atoms. The fourth-order valence-electron chi connectivity index (χ4n) is 3.07. The molecule has 0 atom stereocenters. The lowest BCUT2D eigenvalue weighted by atomic mass is 10.3. The second-order valence-electron chi connectivity index (χ2n) is 6.40. The van der Waals surface area contributed by atoms with E-state index in [9.17, 15) is 9.59 Å². The lowest BCUT2D eigenvalue weighted by Crippen LogP contribution is -2.52. The molecule has 1 aromatic rings. The molecule has 3 rings (SSSR count). The molecule has 0 unspecified atom stereocenters. The van der Waals surface area contributed by atoms with Crippen LogP contribution in [-0.4, -0.2) is 92.1 Å². The highest BCUT2D eigenvalue weighted by Gasteiger charge is 2.23. The maximum absolute atomic E-state index is 12.3. The van der Waals surface area contributed by atoms with Crippen LogP contribution in [0.3, 0.4) is 0 Å². The summed E-state index contributed by atoms with van der Waals surface area (Å²) in [5.41, 5.74) is 0. The lowest BCUT2D eigenvalue weighted by Gasteiger charge is -2.35. The molecule has 1 N–H and O–H groups in total. The Morgan fingerprint density at radius 2 is 1.68 bits per heavy atom. The van der Waals surface area contributed by atoms with E-state index in [0.29, 0.717) is 45.9 Å². The molecule has 8 heteroatoms. The summed E-state index contributed by atoms with van der Waals surface area (Å²) in [6.07, 6.45) is 1.60. The Labute approximate surface area is 147 Å². The van der Waals surface area contributed by atoms with Gasteiger partial charge in [-0.3, -0.25) is 19.4 Å². The molecule has 0 aromatic carbocycles. The number of hydrogen-bond acceptors (Lipinski definition) is 6. The number of nitrogens with zero attached hydrogens (tertiary/aromatic N) is 3. The third kappa shape index (κ3) is 5.55. The minimum atomic E-state index is -0.00533. The van der Waals surface area contributed by atoms with Gasteiger partial charge >= 0.3 is 0 Å². The van der Waals surface area contributed by atoms with E-state index in [1.807, 2.05) is 11.0 Å². The SMILES string of the molecule is O=C(CN1CCN(CC(=O)N2CCOCC2)CC1)NCc1ccco1. The molecule has 138 valence electrons. The Bertz CT molecular complexity index is 549. The largest absolute Gasteiger partial charge is 0.467 e. The topological polar surface area (TPSA) is 78.3 Å². The second-order valence-corrected chi connectivity index (χ2v) is 6.40. The van der Waals surface area contributed by atoms with Gasteiger partial charge in [0.05, 0.1) is 39.1 Å². The summed E-state index contributed by atoms with van der Waals surface area (Å²) >= 11 is 0. The van der Waals surface area contributed by atoms with Crippen molar-refractivity contribution in [2.45, 2.75) is 6.54 Å². The second kappa shape index (κ2) is 8.98. The molecule has 2 fully saturated rings. The third-order valence-electron chi connectivity index (χ3n) is 4.59. The molecule has 8 nitrogen and oxygen atoms in total. The van der Waals surface area contributed by atoms with Gasteiger partial charge in [0.1, 0.15) is 5.76 Å². The first-order valence-electron chi connectivity index (χ1n) is 8.80. The average molecular weight is 350 g/mol. The molecule has 3 heterocycles. The van der Waals surface area contributed by atoms with Crippen LogP contribution in [-0.2, 0) is 20.9 Å². The van der Waals surface area contributed by atoms with Gasteiger partial charge in [0.25, 0.3) is 0 Å². The van der Waals surface area contributed by atoms with E-state index in [0.717, 1.165) is 31.9 Å². The number of morpholine rings is 1. The van der Waals surface area contributed by atoms with E-state index in [1.165, 1.54) is 0 Å². The normalized spacial score (nSPS) is 19.8. The number of amides is 2. The van der Waals surface area contributed by atoms with Crippen molar-refractivity contribution in [2.24, 2.45) is 0 Å². The molecule has 2 aliphatic rings. The molecule has 2 amide bonds. The number of ether oxygens (including phenoxy) is 1. The van der Waals surface area contributed by atoms with Crippen molar-refractivity contribution < 1.29 is 18.7 Å². The molecular formula is C17H26N4O4. The predicted molar refractivity (Wildman–Crippen MR) is 90.8 cm³/mol. The van der Waals surface area contributed by atoms with Gasteiger partial charge in [-0.25, -0.2) is 0 Å². The fraction of sp³-hybridized carbons (Fsp3) is 0.647. The number of rotatable bonds is 6. The van der Waals surface area contributed by atoms with Gasteiger partial charge in [-0.15, -0.1) is 0 Å². The van der Waals surface area contributed by atoms with Crippen molar-refractivity contribution in [2.75, 3.05) is 65.6 Å². The summed E-state index contributed by atoms with van der Waals surface area (Å²) < 4.78 is 10.5. The molecule has 1 aromatic heterocycles. The van der Waals surface area contributed by atoms with Crippen molar-refractivity contribution in [3.05, 3.63) is 24.2 Å². The van der Waals surface area contributed by atoms with Crippen molar-refractivity contribution in [3.8, 4) is 0 Å². The zero-order valence-electron chi connectivity index (χ0n) is 14.5. The van der Waals surface area contributed by atoms with Crippen LogP contribution in [0.4, 0.5) is 0 Å². The molecule has 2 saturated heterocycles. The highest BCUT2D eigenvalue weighted by atomic mass is 16.5. The molecular weight excluding hydrogens is 324 g/mol. The van der Waals surface area contributed by atoms with Crippen LogP contribution in [0, 0.1) is 0 Å². The highest BCUT2D eigenvalue weighted by molar-refractivity contribution is 5.78. The van der Waals surface area contributed by atoms with Gasteiger partial charge in [-0.2, -0.15) is 0 Å². The van der Waals surface area contributed by atoms with Gasteiger partial charge in [0, 0.05) is 39.3 Å². The molecule has 2 aliphatic heterocycles. The molecule has 25 heavy (non-hydrogen) atoms. The van der Waals surface area contributed by atoms with Crippen LogP contribution < -0.4 is 5.32 Å². The molecule has 0 radical (unpaired) electrons. The first-order chi connectivity index (χ1) is 12.2. The zero-order valence-corrected chi connectivity index (χ0v) is 14.5. The van der Waals surface area contributed by atoms with E-state index in [4.69, 9.17) is 9.15 Å². The first kappa shape index (κ1) is 17.9. The summed E-state index contributed by atoms with van der Waals surface area (Å²) in [6, 6.07) is 3.64. The number of furan rings is 1. The Morgan fingerprint density at radius 1 is 1.00 bits per heavy atom. The minimum Gasteiger partial charge on any atom is -0.467 e. The van der Waals surface area contributed by atoms with E-state index < -0.39 is 0 Å². The lowest BCUT2D eigenvalue weighted by molar-refractivity contribution is -0.137. The average Bonchev–Trinajstić information content (AvgIpc) is 3.16. The summed E-state index contributed by atoms with van der Waals surface area (Å²) in [4.78, 5) is 30.4. The smallest absolute Gasteiger partial charge is 0.236 e. The summed E-state index contributed by atoms with van der Waals surface area (Å²) in [5, 5.41) is 2.86. The molecule has 0 aliphatic carbocycles. The van der Waals surface area contributed by atoms with E-state index >= 15 is 0 Å². The van der Waals surface area contributed by atoms with Crippen LogP contribution in [0.5, 0.6) is 0 Å². The van der Waals surface area contributed by atoms with Crippen LogP contribution in [0.15, 0.2) is 22.8 Å². The Hall–Kier alpha value is -1.90. The van der Waals surface area contributed by atoms with Crippen LogP contribution in [0.1, 0.15) is 5.76 Å². The van der Waals surface area contributed by atoms with E-state index in [-0.39, 0.29) is 11.8 Å². The standard InChI is InChI=1S/C17H26N4O4/c22-16(18-12-15-2-1-9-25-15)13-19-3-5-20(6-4-19)14-17(23)21-7-10-24-11-8-21/h1-2,9H,3-8,10-14H2,(H,18,22). The number of carbonyl (C=O) groups excluding carboxylic acids is 2. The van der Waals surface area contributed by atoms with Crippen molar-refractivity contribution in [1.82, 2.24) is 20.0 Å². The van der Waals surface area contributed by atoms with Gasteiger partial charge < -0.3 is 19.4 Å². The van der Waals surface area contributed by atoms with E-state index in [2.05, 4.69) is 15.1 Å². The Balaban J connectivity index is 1.32. The zero-order chi connectivity index (χ0) is 17.5. The number of nitrogens with one attached hydrogen (secondary N) is 1. The van der Waals surface area contributed by atoms with Crippen molar-refractivity contribution in [1.29, 1.82) is 0 Å². The van der Waals surface area contributed by atoms with Gasteiger partial charge in [-0.1, -0.05) is 0 Å². The van der Waals surface area contributed by atoms with Crippen molar-refractivity contribution >= 4 is 11.8 Å². The summed E-state index contributed by atoms with van der Waals surface area (Å²) in [5.74, 6) is 0.918. The first-order valence-corrected chi connectivity index (χ1v) is 8.80. The Morgan fingerprint density at radius 3 is 2.32 bits per heavy atom. The maximum atomic E-state index is 12.3. The van der Waals surface area contributed by atoms with Crippen LogP contribution >= 0.6 is 0 Å². The third-order valence-corrected chi connectivity index (χ3v) is 4.59. The highest BCUT2D eigenvalue weighted by Crippen LogP contribution is 2.05. The molecule has 0 saturated carbocycles. The van der Waals surface area contributed by atoms with Crippen LogP contribution in [0.2, 0.25) is 0 Å². The number of carbonyl (C=O) groups is 2. The minimum absolute atomic E-state index is 0.00533. The fourth-order valence-corrected chi connectivity index (χ4v) is 3.07. The maximum Gasteiger partial charge on any atom is 0.236 e. The monoisotopic (exact) mass is 350 g/mol. The predicted octanol–water partition coefficient (Wildman–Crippen LogP) is -0.628.